The van der Waals surface area contributed by atoms with Gasteiger partial charge in [-0.25, -0.2) is 5.43 Å². The number of carbonyl (C=O) groups is 1. The van der Waals surface area contributed by atoms with Crippen LogP contribution in [0.2, 0.25) is 0 Å². The maximum absolute atomic E-state index is 12.3. The van der Waals surface area contributed by atoms with Gasteiger partial charge in [0.15, 0.2) is 23.0 Å². The van der Waals surface area contributed by atoms with E-state index in [1.165, 1.54) is 30.5 Å². The van der Waals surface area contributed by atoms with Crippen molar-refractivity contribution in [2.45, 2.75) is 0 Å². The number of allylic oxidation sites excluding steroid dienone is 1. The highest BCUT2D eigenvalue weighted by Gasteiger charge is 2.21. The molecule has 4 rings (SSSR count). The predicted molar refractivity (Wildman–Crippen MR) is 110 cm³/mol. The second kappa shape index (κ2) is 8.27. The van der Waals surface area contributed by atoms with Crippen LogP contribution in [0, 0.1) is 10.1 Å². The molecule has 1 heterocycles. The van der Waals surface area contributed by atoms with Crippen molar-refractivity contribution in [3.8, 4) is 11.5 Å². The zero-order valence-corrected chi connectivity index (χ0v) is 15.5. The smallest absolute Gasteiger partial charge is 0.271 e. The average molecular weight is 401 g/mol. The van der Waals surface area contributed by atoms with Crippen molar-refractivity contribution in [1.82, 2.24) is 5.43 Å². The minimum absolute atomic E-state index is 0.116. The van der Waals surface area contributed by atoms with Crippen LogP contribution in [-0.4, -0.2) is 17.0 Å². The third-order valence-electron chi connectivity index (χ3n) is 4.21. The van der Waals surface area contributed by atoms with Gasteiger partial charge in [-0.2, -0.15) is 5.10 Å². The lowest BCUT2D eigenvalue weighted by atomic mass is 10.1. The molecule has 0 spiro atoms. The highest BCUT2D eigenvalue weighted by atomic mass is 16.6. The summed E-state index contributed by atoms with van der Waals surface area (Å²) in [6.45, 7) is 0. The van der Waals surface area contributed by atoms with E-state index in [0.717, 1.165) is 5.56 Å². The number of hydrazone groups is 1. The van der Waals surface area contributed by atoms with Crippen molar-refractivity contribution in [3.63, 3.8) is 0 Å². The van der Waals surface area contributed by atoms with Crippen LogP contribution in [0.1, 0.15) is 15.9 Å². The SMILES string of the molecule is O=C(N/N=C/C1=C(c2ccccc2)Oc2ccccc2O1)c1cccc([N+](=O)[O-])c1. The van der Waals surface area contributed by atoms with Crippen LogP contribution in [0.25, 0.3) is 5.76 Å². The summed E-state index contributed by atoms with van der Waals surface area (Å²) in [6, 6.07) is 21.9. The molecule has 30 heavy (non-hydrogen) atoms. The minimum atomic E-state index is -0.589. The molecular weight excluding hydrogens is 386 g/mol. The van der Waals surface area contributed by atoms with Crippen molar-refractivity contribution >= 4 is 23.6 Å². The molecule has 1 N–H and O–H groups in total. The molecule has 0 radical (unpaired) electrons. The normalized spacial score (nSPS) is 12.7. The van der Waals surface area contributed by atoms with E-state index in [4.69, 9.17) is 9.47 Å². The van der Waals surface area contributed by atoms with Crippen molar-refractivity contribution in [2.24, 2.45) is 5.10 Å². The van der Waals surface area contributed by atoms with Crippen LogP contribution in [-0.2, 0) is 0 Å². The van der Waals surface area contributed by atoms with Gasteiger partial charge in [-0.1, -0.05) is 48.5 Å². The van der Waals surface area contributed by atoms with E-state index in [1.54, 1.807) is 12.1 Å². The Hall–Kier alpha value is -4.46. The van der Waals surface area contributed by atoms with E-state index in [1.807, 2.05) is 42.5 Å². The number of benzene rings is 3. The fraction of sp³-hybridized carbons (Fsp3) is 0. The molecule has 148 valence electrons. The first-order valence-corrected chi connectivity index (χ1v) is 8.94. The van der Waals surface area contributed by atoms with Crippen molar-refractivity contribution in [1.29, 1.82) is 0 Å². The fourth-order valence-electron chi connectivity index (χ4n) is 2.79. The number of nitrogens with one attached hydrogen (secondary N) is 1. The quantitative estimate of drug-likeness (QED) is 0.393. The number of hydrogen-bond acceptors (Lipinski definition) is 6. The van der Waals surface area contributed by atoms with Crippen molar-refractivity contribution < 1.29 is 19.2 Å². The van der Waals surface area contributed by atoms with Gasteiger partial charge in [0.2, 0.25) is 0 Å². The van der Waals surface area contributed by atoms with E-state index < -0.39 is 10.8 Å². The molecule has 3 aromatic carbocycles. The maximum atomic E-state index is 12.3. The third kappa shape index (κ3) is 4.02. The number of carbonyl (C=O) groups excluding carboxylic acids is 1. The third-order valence-corrected chi connectivity index (χ3v) is 4.21. The Morgan fingerprint density at radius 3 is 2.37 bits per heavy atom. The molecule has 0 aliphatic carbocycles. The number of para-hydroxylation sites is 2. The summed E-state index contributed by atoms with van der Waals surface area (Å²) in [5.41, 5.74) is 3.06. The number of non-ortho nitro benzene ring substituents is 1. The highest BCUT2D eigenvalue weighted by molar-refractivity contribution is 5.96. The van der Waals surface area contributed by atoms with E-state index in [9.17, 15) is 14.9 Å². The molecule has 1 aliphatic heterocycles. The number of nitro groups is 1. The molecule has 0 fully saturated rings. The molecule has 8 nitrogen and oxygen atoms in total. The summed E-state index contributed by atoms with van der Waals surface area (Å²) in [7, 11) is 0. The van der Waals surface area contributed by atoms with Crippen LogP contribution < -0.4 is 14.9 Å². The molecule has 0 bridgehead atoms. The zero-order valence-electron chi connectivity index (χ0n) is 15.5. The monoisotopic (exact) mass is 401 g/mol. The number of fused-ring (bicyclic) bond motifs is 1. The number of nitro benzene ring substituents is 1. The van der Waals surface area contributed by atoms with Crippen LogP contribution >= 0.6 is 0 Å². The van der Waals surface area contributed by atoms with Gasteiger partial charge in [0.05, 0.1) is 11.1 Å². The number of hydrogen-bond donors (Lipinski definition) is 1. The summed E-state index contributed by atoms with van der Waals surface area (Å²) in [5.74, 6) is 1.24. The lowest BCUT2D eigenvalue weighted by Crippen LogP contribution is -2.19. The molecule has 1 amide bonds. The second-order valence-corrected chi connectivity index (χ2v) is 6.22. The molecule has 0 saturated heterocycles. The standard InChI is InChI=1S/C22H15N3O5/c26-22(16-9-6-10-17(13-16)25(27)28)24-23-14-20-21(15-7-2-1-3-8-15)30-19-12-5-4-11-18(19)29-20/h1-14H,(H,24,26)/b23-14+. The van der Waals surface area contributed by atoms with Gasteiger partial charge in [0.25, 0.3) is 11.6 Å². The van der Waals surface area contributed by atoms with Gasteiger partial charge in [-0.15, -0.1) is 0 Å². The summed E-state index contributed by atoms with van der Waals surface area (Å²) >= 11 is 0. The molecular formula is C22H15N3O5. The second-order valence-electron chi connectivity index (χ2n) is 6.22. The average Bonchev–Trinajstić information content (AvgIpc) is 2.79. The van der Waals surface area contributed by atoms with E-state index in [0.29, 0.717) is 23.0 Å². The molecule has 1 aliphatic rings. The lowest BCUT2D eigenvalue weighted by Gasteiger charge is -2.21. The van der Waals surface area contributed by atoms with Crippen LogP contribution in [0.15, 0.2) is 89.7 Å². The van der Waals surface area contributed by atoms with Gasteiger partial charge in [-0.05, 0) is 18.2 Å². The largest absolute Gasteiger partial charge is 0.449 e. The van der Waals surface area contributed by atoms with Gasteiger partial charge in [0, 0.05) is 23.3 Å². The fourth-order valence-corrected chi connectivity index (χ4v) is 2.79. The Balaban J connectivity index is 1.58. The van der Waals surface area contributed by atoms with Gasteiger partial charge < -0.3 is 9.47 Å². The van der Waals surface area contributed by atoms with Crippen molar-refractivity contribution in [3.05, 3.63) is 106 Å². The maximum Gasteiger partial charge on any atom is 0.271 e. The van der Waals surface area contributed by atoms with E-state index in [-0.39, 0.29) is 11.3 Å². The van der Waals surface area contributed by atoms with E-state index in [2.05, 4.69) is 10.5 Å². The summed E-state index contributed by atoms with van der Waals surface area (Å²) in [4.78, 5) is 22.6. The first kappa shape index (κ1) is 18.9. The molecule has 0 aromatic heterocycles. The topological polar surface area (TPSA) is 103 Å². The Kier molecular flexibility index (Phi) is 5.21. The Morgan fingerprint density at radius 1 is 0.933 bits per heavy atom. The van der Waals surface area contributed by atoms with Gasteiger partial charge in [0.1, 0.15) is 0 Å². The Morgan fingerprint density at radius 2 is 1.63 bits per heavy atom. The van der Waals surface area contributed by atoms with Gasteiger partial charge in [-0.3, -0.25) is 14.9 Å². The first-order chi connectivity index (χ1) is 14.6. The van der Waals surface area contributed by atoms with Gasteiger partial charge >= 0.3 is 0 Å². The van der Waals surface area contributed by atoms with E-state index >= 15 is 0 Å². The molecule has 8 heteroatoms. The van der Waals surface area contributed by atoms with Crippen LogP contribution in [0.3, 0.4) is 0 Å². The van der Waals surface area contributed by atoms with Crippen LogP contribution in [0.4, 0.5) is 5.69 Å². The summed E-state index contributed by atoms with van der Waals surface area (Å²) < 4.78 is 11.9. The molecule has 3 aromatic rings. The number of ether oxygens (including phenoxy) is 2. The highest BCUT2D eigenvalue weighted by Crippen LogP contribution is 2.37. The minimum Gasteiger partial charge on any atom is -0.449 e. The molecule has 0 atom stereocenters. The molecule has 0 unspecified atom stereocenters. The Labute approximate surface area is 171 Å². The lowest BCUT2D eigenvalue weighted by molar-refractivity contribution is -0.384. The summed E-state index contributed by atoms with van der Waals surface area (Å²) in [6.07, 6.45) is 1.33. The first-order valence-electron chi connectivity index (χ1n) is 8.94. The predicted octanol–water partition coefficient (Wildman–Crippen LogP) is 4.15. The zero-order chi connectivity index (χ0) is 20.9. The Bertz CT molecular complexity index is 1170. The number of amides is 1. The number of nitrogens with zero attached hydrogens (tertiary/aromatic N) is 2. The molecule has 0 saturated carbocycles. The van der Waals surface area contributed by atoms with Crippen molar-refractivity contribution in [2.75, 3.05) is 0 Å². The number of rotatable bonds is 5. The summed E-state index contributed by atoms with van der Waals surface area (Å²) in [5, 5.41) is 14.8. The van der Waals surface area contributed by atoms with Crippen LogP contribution in [0.5, 0.6) is 11.5 Å².